The van der Waals surface area contributed by atoms with Gasteiger partial charge in [-0.2, -0.15) is 8.78 Å². The van der Waals surface area contributed by atoms with E-state index in [4.69, 9.17) is 4.74 Å². The van der Waals surface area contributed by atoms with Crippen molar-refractivity contribution in [2.45, 2.75) is 13.2 Å². The number of aromatic nitrogens is 3. The molecule has 2 aromatic carbocycles. The van der Waals surface area contributed by atoms with Crippen LogP contribution in [0.15, 0.2) is 36.5 Å². The maximum atomic E-state index is 13.5. The minimum absolute atomic E-state index is 0.0139. The van der Waals surface area contributed by atoms with Crippen LogP contribution in [0.5, 0.6) is 11.5 Å². The highest BCUT2D eigenvalue weighted by Crippen LogP contribution is 2.27. The lowest BCUT2D eigenvalue weighted by Gasteiger charge is -2.07. The number of ether oxygens (including phenoxy) is 1. The first-order valence-corrected chi connectivity index (χ1v) is 7.52. The normalized spacial score (nSPS) is 10.8. The first kappa shape index (κ1) is 18.4. The molecular formula is C17H11F4N3O3. The molecule has 0 unspecified atom stereocenters. The van der Waals surface area contributed by atoms with Gasteiger partial charge in [-0.05, 0) is 24.3 Å². The van der Waals surface area contributed by atoms with E-state index in [1.807, 2.05) is 0 Å². The van der Waals surface area contributed by atoms with Crippen molar-refractivity contribution in [1.82, 2.24) is 15.0 Å². The Morgan fingerprint density at radius 2 is 1.70 bits per heavy atom. The highest BCUT2D eigenvalue weighted by molar-refractivity contribution is 5.95. The van der Waals surface area contributed by atoms with Gasteiger partial charge in [0, 0.05) is 11.6 Å². The quantitative estimate of drug-likeness (QED) is 0.404. The average Bonchev–Trinajstić information content (AvgIpc) is 3.08. The molecule has 10 heteroatoms. The number of aromatic hydroxyl groups is 1. The molecule has 0 spiro atoms. The van der Waals surface area contributed by atoms with E-state index in [1.54, 1.807) is 0 Å². The summed E-state index contributed by atoms with van der Waals surface area (Å²) in [5.41, 5.74) is 0.414. The summed E-state index contributed by atoms with van der Waals surface area (Å²) in [6, 6.07) is 5.65. The maximum Gasteiger partial charge on any atom is 0.203 e. The standard InChI is InChI=1S/C17H11F4N3O3/c18-12-5-13(19)16(21)17(15(12)20)27-8-10-6-24(23-22-10)7-14(26)9-1-3-11(25)4-2-9/h1-6,25H,7-8H2. The molecule has 0 bridgehead atoms. The molecular weight excluding hydrogens is 370 g/mol. The third-order valence-corrected chi connectivity index (χ3v) is 3.52. The largest absolute Gasteiger partial charge is 0.508 e. The number of ketones is 1. The summed E-state index contributed by atoms with van der Waals surface area (Å²) in [4.78, 5) is 12.1. The Kier molecular flexibility index (Phi) is 5.06. The van der Waals surface area contributed by atoms with Crippen LogP contribution in [0.4, 0.5) is 17.6 Å². The summed E-state index contributed by atoms with van der Waals surface area (Å²) in [6.45, 7) is -0.709. The second kappa shape index (κ2) is 7.44. The summed E-state index contributed by atoms with van der Waals surface area (Å²) >= 11 is 0. The molecule has 1 N–H and O–H groups in total. The second-order valence-corrected chi connectivity index (χ2v) is 5.46. The van der Waals surface area contributed by atoms with Crippen LogP contribution in [0.1, 0.15) is 16.1 Å². The van der Waals surface area contributed by atoms with Gasteiger partial charge in [0.2, 0.25) is 11.6 Å². The number of benzene rings is 2. The van der Waals surface area contributed by atoms with E-state index in [9.17, 15) is 27.5 Å². The van der Waals surface area contributed by atoms with Gasteiger partial charge in [0.05, 0.1) is 6.20 Å². The summed E-state index contributed by atoms with van der Waals surface area (Å²) < 4.78 is 59.3. The van der Waals surface area contributed by atoms with E-state index >= 15 is 0 Å². The van der Waals surface area contributed by atoms with Crippen molar-refractivity contribution in [3.05, 3.63) is 71.1 Å². The fourth-order valence-corrected chi connectivity index (χ4v) is 2.19. The average molecular weight is 381 g/mol. The molecule has 0 aliphatic heterocycles. The van der Waals surface area contributed by atoms with Crippen LogP contribution in [0.2, 0.25) is 0 Å². The Morgan fingerprint density at radius 1 is 1.07 bits per heavy atom. The number of nitrogens with zero attached hydrogens (tertiary/aromatic N) is 3. The van der Waals surface area contributed by atoms with E-state index in [2.05, 4.69) is 10.3 Å². The lowest BCUT2D eigenvalue weighted by Crippen LogP contribution is -2.10. The van der Waals surface area contributed by atoms with E-state index < -0.39 is 35.6 Å². The third-order valence-electron chi connectivity index (χ3n) is 3.52. The molecule has 27 heavy (non-hydrogen) atoms. The van der Waals surface area contributed by atoms with E-state index in [-0.39, 0.29) is 29.8 Å². The molecule has 6 nitrogen and oxygen atoms in total. The number of carbonyl (C=O) groups is 1. The van der Waals surface area contributed by atoms with Gasteiger partial charge in [-0.15, -0.1) is 5.10 Å². The highest BCUT2D eigenvalue weighted by Gasteiger charge is 2.21. The molecule has 140 valence electrons. The third kappa shape index (κ3) is 4.05. The van der Waals surface area contributed by atoms with Crippen LogP contribution in [-0.2, 0) is 13.2 Å². The number of rotatable bonds is 6. The number of phenols is 1. The monoisotopic (exact) mass is 381 g/mol. The lowest BCUT2D eigenvalue weighted by atomic mass is 10.1. The molecule has 0 aliphatic rings. The second-order valence-electron chi connectivity index (χ2n) is 5.46. The van der Waals surface area contributed by atoms with Crippen molar-refractivity contribution in [3.63, 3.8) is 0 Å². The maximum absolute atomic E-state index is 13.5. The molecule has 1 aromatic heterocycles. The highest BCUT2D eigenvalue weighted by atomic mass is 19.2. The van der Waals surface area contributed by atoms with Gasteiger partial charge in [-0.3, -0.25) is 4.79 Å². The van der Waals surface area contributed by atoms with Crippen LogP contribution >= 0.6 is 0 Å². The fourth-order valence-electron chi connectivity index (χ4n) is 2.19. The number of halogens is 4. The first-order valence-electron chi connectivity index (χ1n) is 7.52. The molecule has 3 rings (SSSR count). The summed E-state index contributed by atoms with van der Waals surface area (Å²) in [6.07, 6.45) is 1.28. The SMILES string of the molecule is O=C(Cn1cc(COc2c(F)c(F)cc(F)c2F)nn1)c1ccc(O)cc1. The summed E-state index contributed by atoms with van der Waals surface area (Å²) in [5, 5.41) is 16.5. The predicted octanol–water partition coefficient (Wildman–Crippen LogP) is 3.00. The summed E-state index contributed by atoms with van der Waals surface area (Å²) in [7, 11) is 0. The Balaban J connectivity index is 1.67. The zero-order chi connectivity index (χ0) is 19.6. The van der Waals surface area contributed by atoms with E-state index in [0.717, 1.165) is 4.68 Å². The van der Waals surface area contributed by atoms with Crippen molar-refractivity contribution >= 4 is 5.78 Å². The van der Waals surface area contributed by atoms with Crippen molar-refractivity contribution in [2.24, 2.45) is 0 Å². The van der Waals surface area contributed by atoms with Gasteiger partial charge in [-0.25, -0.2) is 13.5 Å². The molecule has 1 heterocycles. The van der Waals surface area contributed by atoms with Crippen LogP contribution in [0, 0.1) is 23.3 Å². The van der Waals surface area contributed by atoms with Crippen molar-refractivity contribution in [1.29, 1.82) is 0 Å². The number of hydrogen-bond acceptors (Lipinski definition) is 5. The Morgan fingerprint density at radius 3 is 2.33 bits per heavy atom. The van der Waals surface area contributed by atoms with E-state index in [0.29, 0.717) is 5.56 Å². The molecule has 0 radical (unpaired) electrons. The smallest absolute Gasteiger partial charge is 0.203 e. The van der Waals surface area contributed by atoms with Gasteiger partial charge in [0.25, 0.3) is 0 Å². The van der Waals surface area contributed by atoms with Gasteiger partial charge < -0.3 is 9.84 Å². The topological polar surface area (TPSA) is 77.2 Å². The lowest BCUT2D eigenvalue weighted by molar-refractivity contribution is 0.0967. The molecule has 0 atom stereocenters. The van der Waals surface area contributed by atoms with Gasteiger partial charge in [-0.1, -0.05) is 5.21 Å². The number of hydrogen-bond donors (Lipinski definition) is 1. The molecule has 0 amide bonds. The minimum Gasteiger partial charge on any atom is -0.508 e. The molecule has 0 saturated heterocycles. The fraction of sp³-hybridized carbons (Fsp3) is 0.118. The Bertz CT molecular complexity index is 964. The minimum atomic E-state index is -1.66. The predicted molar refractivity (Wildman–Crippen MR) is 83.1 cm³/mol. The first-order chi connectivity index (χ1) is 12.8. The molecule has 0 aliphatic carbocycles. The van der Waals surface area contributed by atoms with Crippen molar-refractivity contribution < 1.29 is 32.2 Å². The van der Waals surface area contributed by atoms with Gasteiger partial charge in [0.15, 0.2) is 23.2 Å². The molecule has 0 fully saturated rings. The Labute approximate surface area is 149 Å². The van der Waals surface area contributed by atoms with Crippen molar-refractivity contribution in [2.75, 3.05) is 0 Å². The van der Waals surface area contributed by atoms with Crippen LogP contribution in [0.25, 0.3) is 0 Å². The van der Waals surface area contributed by atoms with Gasteiger partial charge >= 0.3 is 0 Å². The van der Waals surface area contributed by atoms with Crippen molar-refractivity contribution in [3.8, 4) is 11.5 Å². The van der Waals surface area contributed by atoms with Crippen LogP contribution < -0.4 is 4.74 Å². The summed E-state index contributed by atoms with van der Waals surface area (Å²) in [5.74, 6) is -8.02. The zero-order valence-corrected chi connectivity index (χ0v) is 13.5. The Hall–Kier alpha value is -3.43. The number of Topliss-reactive ketones (excluding diaryl/α,β-unsaturated/α-hetero) is 1. The zero-order valence-electron chi connectivity index (χ0n) is 13.5. The number of carbonyl (C=O) groups excluding carboxylic acids is 1. The number of phenolic OH excluding ortho intramolecular Hbond substituents is 1. The molecule has 0 saturated carbocycles. The van der Waals surface area contributed by atoms with Gasteiger partial charge in [0.1, 0.15) is 24.6 Å². The van der Waals surface area contributed by atoms with E-state index in [1.165, 1.54) is 30.5 Å². The van der Waals surface area contributed by atoms with Crippen LogP contribution in [0.3, 0.4) is 0 Å². The molecule has 3 aromatic rings. The van der Waals surface area contributed by atoms with Crippen LogP contribution in [-0.4, -0.2) is 25.9 Å².